The zero-order chi connectivity index (χ0) is 15.4. The third kappa shape index (κ3) is 3.97. The Labute approximate surface area is 130 Å². The molecule has 0 bridgehead atoms. The lowest BCUT2D eigenvalue weighted by atomic mass is 10.0. The Morgan fingerprint density at radius 2 is 2.10 bits per heavy atom. The molecule has 1 unspecified atom stereocenters. The van der Waals surface area contributed by atoms with Crippen molar-refractivity contribution >= 4 is 29.1 Å². The number of likely N-dealkylation sites (tertiary alicyclic amines) is 1. The summed E-state index contributed by atoms with van der Waals surface area (Å²) < 4.78 is 0. The maximum absolute atomic E-state index is 12.4. The molecule has 0 saturated carbocycles. The Morgan fingerprint density at radius 3 is 2.71 bits per heavy atom. The summed E-state index contributed by atoms with van der Waals surface area (Å²) in [6, 6.07) is 7.10. The van der Waals surface area contributed by atoms with Crippen LogP contribution in [0.5, 0.6) is 0 Å². The number of amides is 2. The SMILES string of the molecule is CC(=O)N(CC(=O)N1CCCC(C)C1)c1ccccc1Cl. The van der Waals surface area contributed by atoms with E-state index < -0.39 is 0 Å². The molecule has 5 heteroatoms. The maximum atomic E-state index is 12.4. The van der Waals surface area contributed by atoms with Crippen LogP contribution in [-0.2, 0) is 9.59 Å². The Bertz CT molecular complexity index is 533. The average Bonchev–Trinajstić information content (AvgIpc) is 2.45. The van der Waals surface area contributed by atoms with Gasteiger partial charge in [0.15, 0.2) is 0 Å². The minimum atomic E-state index is -0.179. The molecule has 0 N–H and O–H groups in total. The summed E-state index contributed by atoms with van der Waals surface area (Å²) in [5.41, 5.74) is 0.588. The van der Waals surface area contributed by atoms with Crippen molar-refractivity contribution in [3.8, 4) is 0 Å². The highest BCUT2D eigenvalue weighted by Crippen LogP contribution is 2.25. The number of anilines is 1. The highest BCUT2D eigenvalue weighted by atomic mass is 35.5. The van der Waals surface area contributed by atoms with E-state index in [0.29, 0.717) is 16.6 Å². The van der Waals surface area contributed by atoms with Gasteiger partial charge < -0.3 is 9.80 Å². The Hall–Kier alpha value is -1.55. The molecule has 1 heterocycles. The van der Waals surface area contributed by atoms with Gasteiger partial charge in [0.25, 0.3) is 0 Å². The fourth-order valence-electron chi connectivity index (χ4n) is 2.69. The number of hydrogen-bond acceptors (Lipinski definition) is 2. The van der Waals surface area contributed by atoms with Gasteiger partial charge in [-0.1, -0.05) is 30.7 Å². The molecule has 1 aliphatic heterocycles. The standard InChI is InChI=1S/C16H21ClN2O2/c1-12-6-5-9-18(10-12)16(21)11-19(13(2)20)15-8-4-3-7-14(15)17/h3-4,7-8,12H,5-6,9-11H2,1-2H3. The second-order valence-corrected chi connectivity index (χ2v) is 6.05. The van der Waals surface area contributed by atoms with Crippen LogP contribution in [0.15, 0.2) is 24.3 Å². The lowest BCUT2D eigenvalue weighted by Gasteiger charge is -2.33. The van der Waals surface area contributed by atoms with Gasteiger partial charge in [0.05, 0.1) is 10.7 Å². The molecule has 1 aromatic rings. The van der Waals surface area contributed by atoms with Gasteiger partial charge in [0.2, 0.25) is 11.8 Å². The van der Waals surface area contributed by atoms with E-state index in [4.69, 9.17) is 11.6 Å². The molecule has 1 saturated heterocycles. The van der Waals surface area contributed by atoms with E-state index in [-0.39, 0.29) is 18.4 Å². The van der Waals surface area contributed by atoms with Crippen LogP contribution in [0.25, 0.3) is 0 Å². The van der Waals surface area contributed by atoms with Gasteiger partial charge in [-0.3, -0.25) is 9.59 Å². The highest BCUT2D eigenvalue weighted by Gasteiger charge is 2.25. The van der Waals surface area contributed by atoms with Crippen molar-refractivity contribution in [3.63, 3.8) is 0 Å². The predicted octanol–water partition coefficient (Wildman–Crippen LogP) is 2.95. The van der Waals surface area contributed by atoms with E-state index in [0.717, 1.165) is 25.9 Å². The summed E-state index contributed by atoms with van der Waals surface area (Å²) in [4.78, 5) is 27.6. The first-order valence-corrected chi connectivity index (χ1v) is 7.67. The molecule has 2 amide bonds. The summed E-state index contributed by atoms with van der Waals surface area (Å²) in [5, 5.41) is 0.479. The largest absolute Gasteiger partial charge is 0.341 e. The Morgan fingerprint density at radius 1 is 1.38 bits per heavy atom. The lowest BCUT2D eigenvalue weighted by molar-refractivity contribution is -0.132. The number of halogens is 1. The van der Waals surface area contributed by atoms with Crippen LogP contribution in [0.3, 0.4) is 0 Å². The van der Waals surface area contributed by atoms with Crippen LogP contribution < -0.4 is 4.90 Å². The van der Waals surface area contributed by atoms with Gasteiger partial charge in [-0.15, -0.1) is 0 Å². The Kier molecular flexibility index (Phi) is 5.23. The van der Waals surface area contributed by atoms with E-state index in [2.05, 4.69) is 6.92 Å². The van der Waals surface area contributed by atoms with Gasteiger partial charge in [-0.05, 0) is 30.9 Å². The Balaban J connectivity index is 2.12. The van der Waals surface area contributed by atoms with Crippen molar-refractivity contribution < 1.29 is 9.59 Å². The number of benzene rings is 1. The summed E-state index contributed by atoms with van der Waals surface area (Å²) in [6.45, 7) is 5.20. The number of rotatable bonds is 3. The number of nitrogens with zero attached hydrogens (tertiary/aromatic N) is 2. The fourth-order valence-corrected chi connectivity index (χ4v) is 2.93. The summed E-state index contributed by atoms with van der Waals surface area (Å²) in [7, 11) is 0. The van der Waals surface area contributed by atoms with E-state index in [1.54, 1.807) is 18.2 Å². The highest BCUT2D eigenvalue weighted by molar-refractivity contribution is 6.33. The fraction of sp³-hybridized carbons (Fsp3) is 0.500. The van der Waals surface area contributed by atoms with Crippen LogP contribution >= 0.6 is 11.6 Å². The number of carbonyl (C=O) groups excluding carboxylic acids is 2. The van der Waals surface area contributed by atoms with Gasteiger partial charge >= 0.3 is 0 Å². The third-order valence-electron chi connectivity index (χ3n) is 3.83. The molecule has 4 nitrogen and oxygen atoms in total. The average molecular weight is 309 g/mol. The number of para-hydroxylation sites is 1. The number of carbonyl (C=O) groups is 2. The molecular weight excluding hydrogens is 288 g/mol. The second-order valence-electron chi connectivity index (χ2n) is 5.64. The van der Waals surface area contributed by atoms with Crippen LogP contribution in [0.1, 0.15) is 26.7 Å². The van der Waals surface area contributed by atoms with Crippen LogP contribution in [0, 0.1) is 5.92 Å². The predicted molar refractivity (Wildman–Crippen MR) is 84.5 cm³/mol. The summed E-state index contributed by atoms with van der Waals surface area (Å²) in [6.07, 6.45) is 2.18. The number of hydrogen-bond donors (Lipinski definition) is 0. The van der Waals surface area contributed by atoms with Crippen molar-refractivity contribution in [2.75, 3.05) is 24.5 Å². The van der Waals surface area contributed by atoms with E-state index in [1.807, 2.05) is 11.0 Å². The van der Waals surface area contributed by atoms with Crippen molar-refractivity contribution in [3.05, 3.63) is 29.3 Å². The summed E-state index contributed by atoms with van der Waals surface area (Å²) >= 11 is 6.14. The van der Waals surface area contributed by atoms with Crippen LogP contribution in [0.2, 0.25) is 5.02 Å². The third-order valence-corrected chi connectivity index (χ3v) is 4.15. The maximum Gasteiger partial charge on any atom is 0.242 e. The van der Waals surface area contributed by atoms with Crippen LogP contribution in [0.4, 0.5) is 5.69 Å². The van der Waals surface area contributed by atoms with Crippen molar-refractivity contribution in [2.45, 2.75) is 26.7 Å². The van der Waals surface area contributed by atoms with Crippen molar-refractivity contribution in [2.24, 2.45) is 5.92 Å². The summed E-state index contributed by atoms with van der Waals surface area (Å²) in [5.74, 6) is 0.326. The smallest absolute Gasteiger partial charge is 0.242 e. The van der Waals surface area contributed by atoms with Crippen LogP contribution in [-0.4, -0.2) is 36.3 Å². The van der Waals surface area contributed by atoms with Gasteiger partial charge in [0, 0.05) is 20.0 Å². The zero-order valence-corrected chi connectivity index (χ0v) is 13.3. The van der Waals surface area contributed by atoms with Crippen molar-refractivity contribution in [1.82, 2.24) is 4.90 Å². The molecule has 21 heavy (non-hydrogen) atoms. The first kappa shape index (κ1) is 15.8. The zero-order valence-electron chi connectivity index (χ0n) is 12.5. The second kappa shape index (κ2) is 6.94. The molecule has 1 atom stereocenters. The van der Waals surface area contributed by atoms with E-state index in [9.17, 15) is 9.59 Å². The molecule has 1 aromatic carbocycles. The minimum absolute atomic E-state index is 0.0170. The molecule has 1 aliphatic rings. The van der Waals surface area contributed by atoms with Gasteiger partial charge in [0.1, 0.15) is 6.54 Å². The van der Waals surface area contributed by atoms with Gasteiger partial charge in [-0.25, -0.2) is 0 Å². The van der Waals surface area contributed by atoms with Crippen molar-refractivity contribution in [1.29, 1.82) is 0 Å². The molecular formula is C16H21ClN2O2. The molecule has 1 fully saturated rings. The first-order valence-electron chi connectivity index (χ1n) is 7.29. The van der Waals surface area contributed by atoms with Gasteiger partial charge in [-0.2, -0.15) is 0 Å². The molecule has 2 rings (SSSR count). The molecule has 0 aromatic heterocycles. The van der Waals surface area contributed by atoms with E-state index >= 15 is 0 Å². The number of piperidine rings is 1. The normalized spacial score (nSPS) is 18.4. The molecule has 114 valence electrons. The monoisotopic (exact) mass is 308 g/mol. The lowest BCUT2D eigenvalue weighted by Crippen LogP contribution is -2.46. The minimum Gasteiger partial charge on any atom is -0.341 e. The molecule has 0 spiro atoms. The van der Waals surface area contributed by atoms with E-state index in [1.165, 1.54) is 11.8 Å². The first-order chi connectivity index (χ1) is 9.99. The topological polar surface area (TPSA) is 40.6 Å². The quantitative estimate of drug-likeness (QED) is 0.861. The molecule has 0 radical (unpaired) electrons. The molecule has 0 aliphatic carbocycles.